The van der Waals surface area contributed by atoms with Crippen molar-refractivity contribution < 1.29 is 9.47 Å². The maximum atomic E-state index is 9.02. The summed E-state index contributed by atoms with van der Waals surface area (Å²) < 4.78 is 13.6. The lowest BCUT2D eigenvalue weighted by molar-refractivity contribution is -0.279. The van der Waals surface area contributed by atoms with Crippen molar-refractivity contribution in [3.05, 3.63) is 23.5 Å². The summed E-state index contributed by atoms with van der Waals surface area (Å²) in [6, 6.07) is 6.01. The van der Waals surface area contributed by atoms with E-state index >= 15 is 0 Å². The van der Waals surface area contributed by atoms with Gasteiger partial charge in [-0.15, -0.1) is 0 Å². The quantitative estimate of drug-likeness (QED) is 0.667. The lowest BCUT2D eigenvalue weighted by Crippen LogP contribution is -2.46. The van der Waals surface area contributed by atoms with Gasteiger partial charge in [-0.25, -0.2) is 0 Å². The first-order valence-corrected chi connectivity index (χ1v) is 5.69. The molecule has 0 aromatic carbocycles. The molecule has 1 fully saturated rings. The Morgan fingerprint density at radius 2 is 2.25 bits per heavy atom. The topological polar surface area (TPSA) is 47.2 Å². The molecule has 84 valence electrons. The Hall–Kier alpha value is -1.31. The van der Waals surface area contributed by atoms with Crippen LogP contribution in [0.1, 0.15) is 30.7 Å². The van der Waals surface area contributed by atoms with E-state index in [1.54, 1.807) is 0 Å². The number of ether oxygens (including phenoxy) is 2. The van der Waals surface area contributed by atoms with Gasteiger partial charge in [0.15, 0.2) is 5.79 Å². The first kappa shape index (κ1) is 9.88. The normalized spacial score (nSPS) is 28.7. The largest absolute Gasteiger partial charge is 0.348 e. The second-order valence-corrected chi connectivity index (χ2v) is 4.41. The standard InChI is InChI=1S/C12H14N2O2/c13-7-10-3-4-11-8-16-12(9-14(10)11)5-1-2-6-15-12/h3-4H,1-2,5-6,8-9H2. The van der Waals surface area contributed by atoms with E-state index < -0.39 is 5.79 Å². The van der Waals surface area contributed by atoms with Gasteiger partial charge in [0.1, 0.15) is 11.8 Å². The van der Waals surface area contributed by atoms with E-state index in [1.165, 1.54) is 0 Å². The maximum absolute atomic E-state index is 9.02. The Labute approximate surface area is 94.4 Å². The molecule has 1 aromatic heterocycles. The first-order chi connectivity index (χ1) is 7.83. The minimum atomic E-state index is -0.476. The van der Waals surface area contributed by atoms with Crippen LogP contribution in [0, 0.1) is 11.3 Å². The van der Waals surface area contributed by atoms with Gasteiger partial charge in [-0.1, -0.05) is 0 Å². The van der Waals surface area contributed by atoms with Crippen molar-refractivity contribution in [2.24, 2.45) is 0 Å². The van der Waals surface area contributed by atoms with Crippen LogP contribution in [-0.4, -0.2) is 17.0 Å². The van der Waals surface area contributed by atoms with E-state index in [0.29, 0.717) is 18.8 Å². The third kappa shape index (κ3) is 1.44. The summed E-state index contributed by atoms with van der Waals surface area (Å²) in [7, 11) is 0. The van der Waals surface area contributed by atoms with Crippen LogP contribution < -0.4 is 0 Å². The van der Waals surface area contributed by atoms with E-state index in [0.717, 1.165) is 31.6 Å². The second-order valence-electron chi connectivity index (χ2n) is 4.41. The van der Waals surface area contributed by atoms with Gasteiger partial charge in [0.25, 0.3) is 0 Å². The summed E-state index contributed by atoms with van der Waals surface area (Å²) in [6.07, 6.45) is 3.17. The molecule has 3 rings (SSSR count). The van der Waals surface area contributed by atoms with Crippen LogP contribution in [0.4, 0.5) is 0 Å². The fraction of sp³-hybridized carbons (Fsp3) is 0.583. The zero-order valence-electron chi connectivity index (χ0n) is 9.11. The van der Waals surface area contributed by atoms with E-state index in [4.69, 9.17) is 14.7 Å². The van der Waals surface area contributed by atoms with Crippen LogP contribution in [0.15, 0.2) is 12.1 Å². The summed E-state index contributed by atoms with van der Waals surface area (Å²) in [5.74, 6) is -0.476. The molecule has 1 spiro atoms. The van der Waals surface area contributed by atoms with Crippen LogP contribution in [-0.2, 0) is 22.6 Å². The molecule has 3 heterocycles. The molecular formula is C12H14N2O2. The van der Waals surface area contributed by atoms with Gasteiger partial charge >= 0.3 is 0 Å². The van der Waals surface area contributed by atoms with Gasteiger partial charge in [-0.2, -0.15) is 5.26 Å². The van der Waals surface area contributed by atoms with Crippen LogP contribution in [0.25, 0.3) is 0 Å². The molecule has 0 N–H and O–H groups in total. The average molecular weight is 218 g/mol. The molecule has 1 atom stereocenters. The summed E-state index contributed by atoms with van der Waals surface area (Å²) in [5.41, 5.74) is 1.77. The van der Waals surface area contributed by atoms with Crippen LogP contribution in [0.3, 0.4) is 0 Å². The van der Waals surface area contributed by atoms with Crippen molar-refractivity contribution in [2.75, 3.05) is 6.61 Å². The van der Waals surface area contributed by atoms with E-state index in [9.17, 15) is 0 Å². The number of hydrogen-bond acceptors (Lipinski definition) is 3. The summed E-state index contributed by atoms with van der Waals surface area (Å²) in [4.78, 5) is 0. The molecule has 0 aliphatic carbocycles. The molecule has 4 nitrogen and oxygen atoms in total. The number of nitrogens with zero attached hydrogens (tertiary/aromatic N) is 2. The molecule has 0 bridgehead atoms. The zero-order valence-corrected chi connectivity index (χ0v) is 9.11. The Morgan fingerprint density at radius 3 is 3.00 bits per heavy atom. The summed E-state index contributed by atoms with van der Waals surface area (Å²) in [5, 5.41) is 9.02. The van der Waals surface area contributed by atoms with E-state index in [2.05, 4.69) is 6.07 Å². The predicted molar refractivity (Wildman–Crippen MR) is 56.5 cm³/mol. The molecule has 0 radical (unpaired) electrons. The van der Waals surface area contributed by atoms with Crippen molar-refractivity contribution in [3.63, 3.8) is 0 Å². The lowest BCUT2D eigenvalue weighted by Gasteiger charge is -2.40. The number of aromatic nitrogens is 1. The van der Waals surface area contributed by atoms with Gasteiger partial charge in [0.2, 0.25) is 0 Å². The SMILES string of the molecule is N#Cc1ccc2n1CC1(CCCCO1)OC2. The van der Waals surface area contributed by atoms with Crippen LogP contribution >= 0.6 is 0 Å². The highest BCUT2D eigenvalue weighted by atomic mass is 16.7. The highest BCUT2D eigenvalue weighted by Crippen LogP contribution is 2.33. The molecule has 2 aliphatic heterocycles. The van der Waals surface area contributed by atoms with Gasteiger partial charge in [-0.05, 0) is 25.0 Å². The molecular weight excluding hydrogens is 204 g/mol. The monoisotopic (exact) mass is 218 g/mol. The Kier molecular flexibility index (Phi) is 2.23. The number of nitriles is 1. The molecule has 0 saturated carbocycles. The van der Waals surface area contributed by atoms with Crippen molar-refractivity contribution in [2.45, 2.75) is 38.2 Å². The lowest BCUT2D eigenvalue weighted by atomic mass is 10.0. The third-order valence-electron chi connectivity index (χ3n) is 3.38. The van der Waals surface area contributed by atoms with Crippen LogP contribution in [0.2, 0.25) is 0 Å². The van der Waals surface area contributed by atoms with Crippen LogP contribution in [0.5, 0.6) is 0 Å². The highest BCUT2D eigenvalue weighted by molar-refractivity contribution is 5.27. The first-order valence-electron chi connectivity index (χ1n) is 5.69. The van der Waals surface area contributed by atoms with Crippen molar-refractivity contribution >= 4 is 0 Å². The Balaban J connectivity index is 1.92. The fourth-order valence-electron chi connectivity index (χ4n) is 2.48. The van der Waals surface area contributed by atoms with Crippen molar-refractivity contribution in [1.29, 1.82) is 5.26 Å². The number of fused-ring (bicyclic) bond motifs is 1. The third-order valence-corrected chi connectivity index (χ3v) is 3.38. The van der Waals surface area contributed by atoms with Gasteiger partial charge < -0.3 is 14.0 Å². The molecule has 1 unspecified atom stereocenters. The molecule has 2 aliphatic rings. The van der Waals surface area contributed by atoms with E-state index in [1.807, 2.05) is 16.7 Å². The summed E-state index contributed by atoms with van der Waals surface area (Å²) >= 11 is 0. The Bertz CT molecular complexity index is 438. The fourth-order valence-corrected chi connectivity index (χ4v) is 2.48. The van der Waals surface area contributed by atoms with Crippen molar-refractivity contribution in [1.82, 2.24) is 4.57 Å². The van der Waals surface area contributed by atoms with E-state index in [-0.39, 0.29) is 0 Å². The molecule has 16 heavy (non-hydrogen) atoms. The van der Waals surface area contributed by atoms with Crippen molar-refractivity contribution in [3.8, 4) is 6.07 Å². The molecule has 1 saturated heterocycles. The minimum absolute atomic E-state index is 0.476. The average Bonchev–Trinajstić information content (AvgIpc) is 2.72. The minimum Gasteiger partial charge on any atom is -0.348 e. The Morgan fingerprint density at radius 1 is 1.31 bits per heavy atom. The number of hydrogen-bond donors (Lipinski definition) is 0. The smallest absolute Gasteiger partial charge is 0.186 e. The van der Waals surface area contributed by atoms with Gasteiger partial charge in [0.05, 0.1) is 19.8 Å². The molecule has 1 aromatic rings. The van der Waals surface area contributed by atoms with Gasteiger partial charge in [-0.3, -0.25) is 0 Å². The zero-order chi connectivity index (χ0) is 11.0. The predicted octanol–water partition coefficient (Wildman–Crippen LogP) is 1.79. The second kappa shape index (κ2) is 3.62. The summed E-state index contributed by atoms with van der Waals surface area (Å²) in [6.45, 7) is 1.96. The van der Waals surface area contributed by atoms with Gasteiger partial charge in [0, 0.05) is 12.1 Å². The number of rotatable bonds is 0. The molecule has 0 amide bonds. The maximum Gasteiger partial charge on any atom is 0.186 e. The highest BCUT2D eigenvalue weighted by Gasteiger charge is 2.38. The molecule has 4 heteroatoms.